The van der Waals surface area contributed by atoms with Crippen LogP contribution in [-0.2, 0) is 25.9 Å². The van der Waals surface area contributed by atoms with Crippen LogP contribution in [0.5, 0.6) is 0 Å². The molecule has 1 aliphatic rings. The van der Waals surface area contributed by atoms with E-state index in [1.54, 1.807) is 0 Å². The molecule has 4 heteroatoms. The third-order valence-corrected chi connectivity index (χ3v) is 4.92. The molecule has 0 fully saturated rings. The first kappa shape index (κ1) is 19.3. The van der Waals surface area contributed by atoms with Gasteiger partial charge in [-0.05, 0) is 0 Å². The summed E-state index contributed by atoms with van der Waals surface area (Å²) in [4.78, 5) is 1.39. The molecular formula is C15H17Cl2STi. The van der Waals surface area contributed by atoms with Crippen molar-refractivity contribution in [3.63, 3.8) is 0 Å². The topological polar surface area (TPSA) is 0 Å². The normalized spacial score (nSPS) is 14.2. The van der Waals surface area contributed by atoms with Gasteiger partial charge >= 0.3 is 120 Å². The number of allylic oxidation sites excluding steroid dienone is 4. The van der Waals surface area contributed by atoms with Crippen molar-refractivity contribution in [2.75, 3.05) is 6.26 Å². The van der Waals surface area contributed by atoms with Crippen LogP contribution in [-0.4, -0.2) is 6.26 Å². The summed E-state index contributed by atoms with van der Waals surface area (Å²) >= 11 is 4.08. The summed E-state index contributed by atoms with van der Waals surface area (Å²) in [6.07, 6.45) is 7.83. The monoisotopic (exact) mass is 347 g/mol. The fourth-order valence-corrected chi connectivity index (χ4v) is 3.96. The maximum atomic E-state index is 2.33. The smallest absolute Gasteiger partial charge is 1.00 e. The first-order chi connectivity index (χ1) is 8.07. The molecule has 2 rings (SSSR count). The van der Waals surface area contributed by atoms with E-state index in [-0.39, 0.29) is 30.2 Å². The number of hydrogen-bond acceptors (Lipinski definition) is 1. The van der Waals surface area contributed by atoms with Gasteiger partial charge < -0.3 is 24.8 Å². The van der Waals surface area contributed by atoms with E-state index in [0.29, 0.717) is 0 Å². The molecule has 0 radical (unpaired) electrons. The molecule has 0 nitrogen and oxygen atoms in total. The van der Waals surface area contributed by atoms with Crippen molar-refractivity contribution in [3.8, 4) is 0 Å². The number of hydrogen-bond donors (Lipinski definition) is 0. The zero-order valence-corrected chi connectivity index (χ0v) is 15.2. The predicted molar refractivity (Wildman–Crippen MR) is 72.0 cm³/mol. The van der Waals surface area contributed by atoms with Gasteiger partial charge in [-0.25, -0.2) is 0 Å². The van der Waals surface area contributed by atoms with Crippen LogP contribution in [0.1, 0.15) is 25.8 Å². The Balaban J connectivity index is 0.00000162. The maximum Gasteiger partial charge on any atom is -1.00 e. The van der Waals surface area contributed by atoms with E-state index in [0.717, 1.165) is 6.42 Å². The Kier molecular flexibility index (Phi) is 8.10. The second-order valence-electron chi connectivity index (χ2n) is 4.82. The van der Waals surface area contributed by atoms with Gasteiger partial charge in [0.25, 0.3) is 0 Å². The minimum absolute atomic E-state index is 0. The molecule has 0 aliphatic heterocycles. The Labute approximate surface area is 144 Å². The Morgan fingerprint density at radius 2 is 1.79 bits per heavy atom. The van der Waals surface area contributed by atoms with Gasteiger partial charge in [-0.3, -0.25) is 0 Å². The van der Waals surface area contributed by atoms with Crippen molar-refractivity contribution in [3.05, 3.63) is 51.4 Å². The SMILES string of the molecule is CSc1ccccc1C(C)(C)C1=[C]([Ti+2])CC=C1.[Cl-].[Cl-]. The summed E-state index contributed by atoms with van der Waals surface area (Å²) in [7, 11) is 0. The van der Waals surface area contributed by atoms with Crippen molar-refractivity contribution in [2.45, 2.75) is 30.6 Å². The summed E-state index contributed by atoms with van der Waals surface area (Å²) in [5.41, 5.74) is 3.03. The average Bonchev–Trinajstić information content (AvgIpc) is 2.76. The summed E-state index contributed by atoms with van der Waals surface area (Å²) < 4.78 is 1.51. The van der Waals surface area contributed by atoms with E-state index < -0.39 is 0 Å². The molecule has 0 N–H and O–H groups in total. The van der Waals surface area contributed by atoms with Crippen LogP contribution >= 0.6 is 11.8 Å². The first-order valence-electron chi connectivity index (χ1n) is 5.82. The Hall–Kier alpha value is 0.344. The maximum absolute atomic E-state index is 2.33. The van der Waals surface area contributed by atoms with Gasteiger partial charge in [-0.2, -0.15) is 0 Å². The Bertz CT molecular complexity index is 493. The van der Waals surface area contributed by atoms with E-state index in [9.17, 15) is 0 Å². The number of rotatable bonds is 3. The molecule has 0 atom stereocenters. The molecule has 19 heavy (non-hydrogen) atoms. The largest absolute Gasteiger partial charge is 1.00 e. The minimum atomic E-state index is 0. The van der Waals surface area contributed by atoms with Crippen LogP contribution in [0, 0.1) is 0 Å². The third kappa shape index (κ3) is 3.92. The first-order valence-corrected chi connectivity index (χ1v) is 7.83. The van der Waals surface area contributed by atoms with Crippen LogP contribution in [0.15, 0.2) is 50.8 Å². The molecule has 0 spiro atoms. The summed E-state index contributed by atoms with van der Waals surface area (Å²) in [5, 5.41) is 0. The molecule has 0 amide bonds. The summed E-state index contributed by atoms with van der Waals surface area (Å²) in [6.45, 7) is 4.66. The van der Waals surface area contributed by atoms with Gasteiger partial charge in [0.05, 0.1) is 0 Å². The number of benzene rings is 1. The average molecular weight is 348 g/mol. The van der Waals surface area contributed by atoms with Crippen LogP contribution < -0.4 is 24.8 Å². The summed E-state index contributed by atoms with van der Waals surface area (Å²) in [5.74, 6) is 0. The Morgan fingerprint density at radius 3 is 2.32 bits per heavy atom. The van der Waals surface area contributed by atoms with Gasteiger partial charge in [-0.15, -0.1) is 0 Å². The van der Waals surface area contributed by atoms with Gasteiger partial charge in [0.15, 0.2) is 0 Å². The van der Waals surface area contributed by atoms with Crippen LogP contribution in [0.25, 0.3) is 0 Å². The second-order valence-corrected chi connectivity index (χ2v) is 6.61. The van der Waals surface area contributed by atoms with Crippen LogP contribution in [0.2, 0.25) is 0 Å². The van der Waals surface area contributed by atoms with E-state index >= 15 is 0 Å². The molecule has 1 aromatic carbocycles. The van der Waals surface area contributed by atoms with Gasteiger partial charge in [0, 0.05) is 0 Å². The van der Waals surface area contributed by atoms with E-state index in [2.05, 4.69) is 77.0 Å². The molecule has 0 aromatic heterocycles. The zero-order chi connectivity index (χ0) is 12.5. The van der Waals surface area contributed by atoms with Crippen molar-refractivity contribution in [1.29, 1.82) is 0 Å². The van der Waals surface area contributed by atoms with E-state index in [1.165, 1.54) is 19.9 Å². The number of thioether (sulfide) groups is 1. The summed E-state index contributed by atoms with van der Waals surface area (Å²) in [6, 6.07) is 8.75. The quantitative estimate of drug-likeness (QED) is 0.471. The van der Waals surface area contributed by atoms with E-state index in [4.69, 9.17) is 0 Å². The third-order valence-electron chi connectivity index (χ3n) is 3.39. The number of halogens is 2. The van der Waals surface area contributed by atoms with Crippen molar-refractivity contribution < 1.29 is 45.2 Å². The fourth-order valence-electron chi connectivity index (χ4n) is 2.40. The molecule has 0 bridgehead atoms. The van der Waals surface area contributed by atoms with Crippen molar-refractivity contribution in [2.24, 2.45) is 0 Å². The standard InChI is InChI=1S/C15H17S.2ClH.Ti/c1-15(2,12-8-4-5-9-12)13-10-6-7-11-14(13)16-3;;;/h4,6-8,10-11H,5H2,1-3H3;2*1H;/q;;;+2/p-2. The fraction of sp³-hybridized carbons (Fsp3) is 0.333. The van der Waals surface area contributed by atoms with Crippen LogP contribution in [0.4, 0.5) is 0 Å². The predicted octanol–water partition coefficient (Wildman–Crippen LogP) is -1.55. The molecule has 0 heterocycles. The molecule has 101 valence electrons. The van der Waals surface area contributed by atoms with E-state index in [1.807, 2.05) is 11.8 Å². The van der Waals surface area contributed by atoms with Crippen molar-refractivity contribution >= 4 is 11.8 Å². The minimum Gasteiger partial charge on any atom is -1.00 e. The molecular weight excluding hydrogens is 331 g/mol. The van der Waals surface area contributed by atoms with Gasteiger partial charge in [0.1, 0.15) is 0 Å². The molecule has 0 saturated carbocycles. The van der Waals surface area contributed by atoms with Gasteiger partial charge in [-0.1, -0.05) is 0 Å². The molecule has 0 saturated heterocycles. The van der Waals surface area contributed by atoms with Crippen LogP contribution in [0.3, 0.4) is 0 Å². The Morgan fingerprint density at radius 1 is 1.16 bits per heavy atom. The van der Waals surface area contributed by atoms with Crippen molar-refractivity contribution in [1.82, 2.24) is 0 Å². The van der Waals surface area contributed by atoms with Gasteiger partial charge in [0.2, 0.25) is 0 Å². The molecule has 1 aromatic rings. The zero-order valence-electron chi connectivity index (χ0n) is 11.3. The molecule has 1 aliphatic carbocycles. The second kappa shape index (κ2) is 7.95. The molecule has 0 unspecified atom stereocenters.